The topological polar surface area (TPSA) is 118 Å². The van der Waals surface area contributed by atoms with Crippen LogP contribution in [0.4, 0.5) is 5.69 Å². The quantitative estimate of drug-likeness (QED) is 0.445. The third kappa shape index (κ3) is 4.91. The second kappa shape index (κ2) is 9.52. The van der Waals surface area contributed by atoms with E-state index >= 15 is 0 Å². The molecule has 0 unspecified atom stereocenters. The molecule has 10 heteroatoms. The van der Waals surface area contributed by atoms with Crippen molar-refractivity contribution < 1.29 is 27.5 Å². The molecule has 0 aliphatic heterocycles. The molecule has 31 heavy (non-hydrogen) atoms. The van der Waals surface area contributed by atoms with Gasteiger partial charge in [0.2, 0.25) is 15.8 Å². The Balaban J connectivity index is 2.34. The molecule has 0 aliphatic rings. The molecule has 2 aromatic rings. The SMILES string of the molecule is CCOC(=O)c1c(C)[nH]c(C(=O)[C@@H](C)Nc2ccc(OC)c(S(=O)(=O)N(C)C)c2)c1C. The molecule has 0 amide bonds. The number of H-pyrrole nitrogens is 1. The van der Waals surface area contributed by atoms with Crippen molar-refractivity contribution in [3.63, 3.8) is 0 Å². The number of aryl methyl sites for hydroxylation is 1. The third-order valence-corrected chi connectivity index (χ3v) is 6.70. The minimum atomic E-state index is -3.75. The Morgan fingerprint density at radius 2 is 1.87 bits per heavy atom. The highest BCUT2D eigenvalue weighted by atomic mass is 32.2. The highest BCUT2D eigenvalue weighted by Gasteiger charge is 2.27. The normalized spacial score (nSPS) is 12.5. The summed E-state index contributed by atoms with van der Waals surface area (Å²) in [5.74, 6) is -0.556. The average molecular weight is 452 g/mol. The first-order valence-corrected chi connectivity index (χ1v) is 11.2. The van der Waals surface area contributed by atoms with Gasteiger partial charge in [0.05, 0.1) is 31.0 Å². The Hall–Kier alpha value is -2.85. The summed E-state index contributed by atoms with van der Waals surface area (Å²) >= 11 is 0. The Kier molecular flexibility index (Phi) is 7.50. The monoisotopic (exact) mass is 451 g/mol. The number of hydrogen-bond acceptors (Lipinski definition) is 7. The van der Waals surface area contributed by atoms with Crippen LogP contribution in [0.5, 0.6) is 5.75 Å². The molecule has 1 aromatic carbocycles. The van der Waals surface area contributed by atoms with Gasteiger partial charge in [0, 0.05) is 25.5 Å². The molecule has 0 saturated carbocycles. The van der Waals surface area contributed by atoms with E-state index in [-0.39, 0.29) is 23.0 Å². The maximum Gasteiger partial charge on any atom is 0.340 e. The first-order chi connectivity index (χ1) is 14.4. The zero-order valence-corrected chi connectivity index (χ0v) is 19.6. The van der Waals surface area contributed by atoms with Crippen molar-refractivity contribution in [2.75, 3.05) is 33.1 Å². The summed E-state index contributed by atoms with van der Waals surface area (Å²) < 4.78 is 36.6. The first-order valence-electron chi connectivity index (χ1n) is 9.73. The number of aromatic nitrogens is 1. The zero-order chi connectivity index (χ0) is 23.5. The molecule has 0 aliphatic carbocycles. The molecule has 0 spiro atoms. The number of ether oxygens (including phenoxy) is 2. The Bertz CT molecular complexity index is 1090. The molecular formula is C21H29N3O6S. The van der Waals surface area contributed by atoms with Gasteiger partial charge < -0.3 is 19.8 Å². The van der Waals surface area contributed by atoms with Crippen LogP contribution < -0.4 is 10.1 Å². The van der Waals surface area contributed by atoms with Crippen LogP contribution in [-0.2, 0) is 14.8 Å². The summed E-state index contributed by atoms with van der Waals surface area (Å²) in [5.41, 5.74) is 2.15. The van der Waals surface area contributed by atoms with Crippen molar-refractivity contribution in [3.8, 4) is 5.75 Å². The number of Topliss-reactive ketones (excluding diaryl/α,β-unsaturated/α-hetero) is 1. The molecule has 1 atom stereocenters. The Labute approximate surface area is 182 Å². The highest BCUT2D eigenvalue weighted by Crippen LogP contribution is 2.29. The van der Waals surface area contributed by atoms with Gasteiger partial charge in [0.15, 0.2) is 0 Å². The summed E-state index contributed by atoms with van der Waals surface area (Å²) in [6.45, 7) is 7.00. The van der Waals surface area contributed by atoms with Gasteiger partial charge in [0.25, 0.3) is 0 Å². The summed E-state index contributed by atoms with van der Waals surface area (Å²) in [6, 6.07) is 3.89. The van der Waals surface area contributed by atoms with Gasteiger partial charge in [-0.2, -0.15) is 0 Å². The van der Waals surface area contributed by atoms with Gasteiger partial charge in [-0.25, -0.2) is 17.5 Å². The number of methoxy groups -OCH3 is 1. The fourth-order valence-electron chi connectivity index (χ4n) is 3.20. The lowest BCUT2D eigenvalue weighted by Crippen LogP contribution is -2.27. The van der Waals surface area contributed by atoms with E-state index in [1.54, 1.807) is 33.8 Å². The number of rotatable bonds is 9. The Morgan fingerprint density at radius 1 is 1.23 bits per heavy atom. The van der Waals surface area contributed by atoms with Gasteiger partial charge in [0.1, 0.15) is 10.6 Å². The maximum atomic E-state index is 13.0. The fourth-order valence-corrected chi connectivity index (χ4v) is 4.28. The smallest absolute Gasteiger partial charge is 0.340 e. The number of anilines is 1. The summed E-state index contributed by atoms with van der Waals surface area (Å²) in [6.07, 6.45) is 0. The summed E-state index contributed by atoms with van der Waals surface area (Å²) in [4.78, 5) is 28.2. The lowest BCUT2D eigenvalue weighted by molar-refractivity contribution is 0.0525. The molecule has 9 nitrogen and oxygen atoms in total. The van der Waals surface area contributed by atoms with E-state index in [9.17, 15) is 18.0 Å². The van der Waals surface area contributed by atoms with Crippen LogP contribution in [0.1, 0.15) is 46.0 Å². The largest absolute Gasteiger partial charge is 0.495 e. The summed E-state index contributed by atoms with van der Waals surface area (Å²) in [5, 5.41) is 3.03. The number of nitrogens with one attached hydrogen (secondary N) is 2. The molecule has 2 rings (SSSR count). The van der Waals surface area contributed by atoms with Crippen LogP contribution >= 0.6 is 0 Å². The van der Waals surface area contributed by atoms with E-state index in [0.29, 0.717) is 28.2 Å². The molecule has 1 heterocycles. The fraction of sp³-hybridized carbons (Fsp3) is 0.429. The zero-order valence-electron chi connectivity index (χ0n) is 18.8. The number of benzene rings is 1. The van der Waals surface area contributed by atoms with Gasteiger partial charge in [-0.15, -0.1) is 0 Å². The number of esters is 1. The van der Waals surface area contributed by atoms with Crippen molar-refractivity contribution in [1.29, 1.82) is 0 Å². The van der Waals surface area contributed by atoms with Gasteiger partial charge in [-0.05, 0) is 51.5 Å². The number of aromatic amines is 1. The Morgan fingerprint density at radius 3 is 2.42 bits per heavy atom. The second-order valence-electron chi connectivity index (χ2n) is 7.23. The van der Waals surface area contributed by atoms with Crippen molar-refractivity contribution in [2.45, 2.75) is 38.6 Å². The third-order valence-electron chi connectivity index (χ3n) is 4.86. The molecule has 0 radical (unpaired) electrons. The standard InChI is InChI=1S/C21H29N3O6S/c1-8-30-21(26)18-12(2)19(23-13(18)3)20(25)14(4)22-15-9-10-16(29-7)17(11-15)31(27,28)24(5)6/h9-11,14,22-23H,8H2,1-7H3/t14-/m1/s1. The van der Waals surface area contributed by atoms with E-state index < -0.39 is 22.0 Å². The van der Waals surface area contributed by atoms with E-state index in [0.717, 1.165) is 4.31 Å². The van der Waals surface area contributed by atoms with E-state index in [1.165, 1.54) is 33.3 Å². The minimum Gasteiger partial charge on any atom is -0.495 e. The first kappa shape index (κ1) is 24.4. The molecule has 0 fully saturated rings. The predicted octanol–water partition coefficient (Wildman–Crippen LogP) is 2.75. The second-order valence-corrected chi connectivity index (χ2v) is 9.35. The maximum absolute atomic E-state index is 13.0. The van der Waals surface area contributed by atoms with E-state index in [4.69, 9.17) is 9.47 Å². The molecule has 1 aromatic heterocycles. The van der Waals surface area contributed by atoms with Crippen molar-refractivity contribution in [3.05, 3.63) is 40.7 Å². The van der Waals surface area contributed by atoms with Gasteiger partial charge in [-0.3, -0.25) is 4.79 Å². The van der Waals surface area contributed by atoms with Crippen LogP contribution in [0, 0.1) is 13.8 Å². The number of carbonyl (C=O) groups is 2. The van der Waals surface area contributed by atoms with Crippen LogP contribution in [-0.4, -0.2) is 63.3 Å². The van der Waals surface area contributed by atoms with E-state index in [1.807, 2.05) is 0 Å². The number of hydrogen-bond donors (Lipinski definition) is 2. The average Bonchev–Trinajstić information content (AvgIpc) is 3.01. The molecule has 2 N–H and O–H groups in total. The predicted molar refractivity (Wildman–Crippen MR) is 118 cm³/mol. The van der Waals surface area contributed by atoms with Crippen LogP contribution in [0.15, 0.2) is 23.1 Å². The molecule has 170 valence electrons. The van der Waals surface area contributed by atoms with Crippen molar-refractivity contribution >= 4 is 27.5 Å². The van der Waals surface area contributed by atoms with Crippen LogP contribution in [0.2, 0.25) is 0 Å². The highest BCUT2D eigenvalue weighted by molar-refractivity contribution is 7.89. The lowest BCUT2D eigenvalue weighted by atomic mass is 10.0. The van der Waals surface area contributed by atoms with Gasteiger partial charge >= 0.3 is 5.97 Å². The summed E-state index contributed by atoms with van der Waals surface area (Å²) in [7, 11) is 0.499. The van der Waals surface area contributed by atoms with Crippen LogP contribution in [0.25, 0.3) is 0 Å². The molecular weight excluding hydrogens is 422 g/mol. The number of carbonyl (C=O) groups excluding carboxylic acids is 2. The van der Waals surface area contributed by atoms with Crippen LogP contribution in [0.3, 0.4) is 0 Å². The molecule has 0 saturated heterocycles. The van der Waals surface area contributed by atoms with E-state index in [2.05, 4.69) is 10.3 Å². The lowest BCUT2D eigenvalue weighted by Gasteiger charge is -2.18. The number of sulfonamides is 1. The van der Waals surface area contributed by atoms with Crippen molar-refractivity contribution in [1.82, 2.24) is 9.29 Å². The number of nitrogens with zero attached hydrogens (tertiary/aromatic N) is 1. The van der Waals surface area contributed by atoms with Gasteiger partial charge in [-0.1, -0.05) is 0 Å². The van der Waals surface area contributed by atoms with Crippen molar-refractivity contribution in [2.24, 2.45) is 0 Å². The molecule has 0 bridgehead atoms. The number of ketones is 1. The minimum absolute atomic E-state index is 0.0128.